The Kier molecular flexibility index (Phi) is 9.49. The molecule has 12 nitrogen and oxygen atoms in total. The summed E-state index contributed by atoms with van der Waals surface area (Å²) < 4.78 is 52.5. The van der Waals surface area contributed by atoms with Gasteiger partial charge in [-0.3, -0.25) is 9.59 Å². The van der Waals surface area contributed by atoms with E-state index in [0.717, 1.165) is 30.8 Å². The van der Waals surface area contributed by atoms with Crippen LogP contribution in [0.4, 0.5) is 16.0 Å². The molecule has 4 aromatic rings. The normalized spacial score (nSPS) is 18.0. The first-order chi connectivity index (χ1) is 24.1. The molecule has 3 aliphatic heterocycles. The lowest BCUT2D eigenvalue weighted by molar-refractivity contribution is -0.122. The van der Waals surface area contributed by atoms with Crippen LogP contribution in [-0.4, -0.2) is 96.8 Å². The third-order valence-electron chi connectivity index (χ3n) is 9.25. The Bertz CT molecular complexity index is 2000. The summed E-state index contributed by atoms with van der Waals surface area (Å²) in [5, 5.41) is 3.24. The van der Waals surface area contributed by atoms with Crippen molar-refractivity contribution < 1.29 is 31.9 Å². The Hall–Kier alpha value is -4.92. The summed E-state index contributed by atoms with van der Waals surface area (Å²) in [5.74, 6) is 0.759. The number of benzene rings is 3. The number of ketones is 1. The van der Waals surface area contributed by atoms with Crippen LogP contribution in [0.25, 0.3) is 11.3 Å². The lowest BCUT2D eigenvalue weighted by Gasteiger charge is -2.32. The summed E-state index contributed by atoms with van der Waals surface area (Å²) in [5.41, 5.74) is 3.20. The van der Waals surface area contributed by atoms with Gasteiger partial charge in [-0.1, -0.05) is 0 Å². The lowest BCUT2D eigenvalue weighted by Crippen LogP contribution is -2.47. The number of hydrogen-bond donors (Lipinski definition) is 1. The van der Waals surface area contributed by atoms with Gasteiger partial charge in [-0.2, -0.15) is 4.31 Å². The van der Waals surface area contributed by atoms with Gasteiger partial charge < -0.3 is 24.6 Å². The van der Waals surface area contributed by atoms with Crippen molar-refractivity contribution in [3.8, 4) is 22.8 Å². The molecule has 1 atom stereocenters. The fourth-order valence-electron chi connectivity index (χ4n) is 6.41. The van der Waals surface area contributed by atoms with Crippen molar-refractivity contribution in [3.05, 3.63) is 89.9 Å². The van der Waals surface area contributed by atoms with E-state index in [4.69, 9.17) is 19.4 Å². The van der Waals surface area contributed by atoms with Gasteiger partial charge >= 0.3 is 0 Å². The van der Waals surface area contributed by atoms with Crippen molar-refractivity contribution in [1.82, 2.24) is 24.1 Å². The van der Waals surface area contributed by atoms with E-state index in [1.54, 1.807) is 30.3 Å². The number of sulfonamides is 1. The first kappa shape index (κ1) is 33.6. The van der Waals surface area contributed by atoms with Crippen LogP contribution in [0.2, 0.25) is 0 Å². The topological polar surface area (TPSA) is 134 Å². The van der Waals surface area contributed by atoms with E-state index in [2.05, 4.69) is 10.2 Å². The van der Waals surface area contributed by atoms with Gasteiger partial charge in [0.25, 0.3) is 5.91 Å². The number of ether oxygens (including phenoxy) is 2. The summed E-state index contributed by atoms with van der Waals surface area (Å²) in [6.07, 6.45) is 1.26. The third-order valence-corrected chi connectivity index (χ3v) is 11.2. The predicted octanol–water partition coefficient (Wildman–Crippen LogP) is 4.50. The highest BCUT2D eigenvalue weighted by atomic mass is 32.2. The maximum Gasteiger partial charge on any atom is 0.253 e. The molecular formula is C36H37FN6O6S. The molecule has 50 heavy (non-hydrogen) atoms. The standard InChI is InChI=1S/C36H37FN6O6S/c1-41-17-19-42(20-18-41)35(45)24-4-9-27(10-5-24)38-36-39-28(22-30(40-36)25-6-15-33-34(21-25)49-23-48-33)11-14-32(44)31-3-2-16-43(31)50(46,47)29-12-7-26(37)8-13-29/h4-10,12-13,15,21-22,31H,2-3,11,14,16-20,23H2,1H3,(H,38,39,40)/t31-/m0/s1. The molecule has 0 bridgehead atoms. The molecule has 0 radical (unpaired) electrons. The predicted molar refractivity (Wildman–Crippen MR) is 183 cm³/mol. The number of amides is 1. The number of likely N-dealkylation sites (N-methyl/N-ethyl adjacent to an activating group) is 1. The van der Waals surface area contributed by atoms with Gasteiger partial charge in [0, 0.05) is 61.7 Å². The summed E-state index contributed by atoms with van der Waals surface area (Å²) >= 11 is 0. The second-order valence-corrected chi connectivity index (χ2v) is 14.5. The maximum atomic E-state index is 13.5. The van der Waals surface area contributed by atoms with E-state index >= 15 is 0 Å². The maximum absolute atomic E-state index is 13.5. The Balaban J connectivity index is 1.10. The molecule has 2 fully saturated rings. The van der Waals surface area contributed by atoms with E-state index in [1.807, 2.05) is 30.1 Å². The largest absolute Gasteiger partial charge is 0.454 e. The van der Waals surface area contributed by atoms with Crippen LogP contribution in [0.1, 0.15) is 35.3 Å². The van der Waals surface area contributed by atoms with Crippen LogP contribution in [0.15, 0.2) is 77.7 Å². The molecule has 0 aliphatic carbocycles. The number of fused-ring (bicyclic) bond motifs is 1. The number of aryl methyl sites for hydroxylation is 1. The number of Topliss-reactive ketones (excluding diaryl/α,β-unsaturated/α-hetero) is 1. The number of anilines is 2. The molecule has 1 aromatic heterocycles. The second kappa shape index (κ2) is 14.1. The molecule has 14 heteroatoms. The van der Waals surface area contributed by atoms with E-state index in [9.17, 15) is 22.4 Å². The average Bonchev–Trinajstić information content (AvgIpc) is 3.82. The van der Waals surface area contributed by atoms with Crippen molar-refractivity contribution in [2.75, 3.05) is 51.9 Å². The summed E-state index contributed by atoms with van der Waals surface area (Å²) in [6, 6.07) is 18.3. The number of rotatable bonds is 10. The van der Waals surface area contributed by atoms with Crippen molar-refractivity contribution in [1.29, 1.82) is 0 Å². The van der Waals surface area contributed by atoms with Gasteiger partial charge in [0.2, 0.25) is 22.8 Å². The van der Waals surface area contributed by atoms with Crippen LogP contribution in [-0.2, 0) is 21.2 Å². The highest BCUT2D eigenvalue weighted by Gasteiger charge is 2.39. The second-order valence-electron chi connectivity index (χ2n) is 12.6. The molecular weight excluding hydrogens is 663 g/mol. The van der Waals surface area contributed by atoms with Gasteiger partial charge in [0.05, 0.1) is 16.6 Å². The van der Waals surface area contributed by atoms with E-state index in [-0.39, 0.29) is 42.8 Å². The number of nitrogens with one attached hydrogen (secondary N) is 1. The van der Waals surface area contributed by atoms with E-state index < -0.39 is 21.9 Å². The third kappa shape index (κ3) is 7.18. The first-order valence-corrected chi connectivity index (χ1v) is 18.0. The zero-order valence-corrected chi connectivity index (χ0v) is 28.4. The van der Waals surface area contributed by atoms with Gasteiger partial charge in [0.15, 0.2) is 17.3 Å². The van der Waals surface area contributed by atoms with Crippen LogP contribution < -0.4 is 14.8 Å². The average molecular weight is 701 g/mol. The van der Waals surface area contributed by atoms with Crippen molar-refractivity contribution in [2.24, 2.45) is 0 Å². The molecule has 3 aromatic carbocycles. The molecule has 0 saturated carbocycles. The van der Waals surface area contributed by atoms with Gasteiger partial charge in [-0.15, -0.1) is 0 Å². The van der Waals surface area contributed by atoms with Crippen LogP contribution >= 0.6 is 0 Å². The smallest absolute Gasteiger partial charge is 0.253 e. The fourth-order valence-corrected chi connectivity index (χ4v) is 8.09. The number of hydrogen-bond acceptors (Lipinski definition) is 10. The Morgan fingerprint density at radius 3 is 2.40 bits per heavy atom. The highest BCUT2D eigenvalue weighted by Crippen LogP contribution is 2.36. The number of halogens is 1. The van der Waals surface area contributed by atoms with Crippen molar-refractivity contribution >= 4 is 33.3 Å². The summed E-state index contributed by atoms with van der Waals surface area (Å²) in [7, 11) is -1.93. The van der Waals surface area contributed by atoms with Crippen molar-refractivity contribution in [2.45, 2.75) is 36.6 Å². The SMILES string of the molecule is CN1CCN(C(=O)c2ccc(Nc3nc(CCC(=O)[C@@H]4CCCN4S(=O)(=O)c4ccc(F)cc4)cc(-c4ccc5c(c4)OCO5)n3)cc2)CC1. The number of piperazine rings is 1. The molecule has 260 valence electrons. The molecule has 7 rings (SSSR count). The van der Waals surface area contributed by atoms with Gasteiger partial charge in [-0.25, -0.2) is 22.8 Å². The molecule has 0 unspecified atom stereocenters. The minimum Gasteiger partial charge on any atom is -0.454 e. The number of nitrogens with zero attached hydrogens (tertiary/aromatic N) is 5. The number of aromatic nitrogens is 2. The minimum atomic E-state index is -3.98. The Morgan fingerprint density at radius 2 is 1.64 bits per heavy atom. The Morgan fingerprint density at radius 1 is 0.900 bits per heavy atom. The fraction of sp³-hybridized carbons (Fsp3) is 0.333. The van der Waals surface area contributed by atoms with Crippen LogP contribution in [0.3, 0.4) is 0 Å². The highest BCUT2D eigenvalue weighted by molar-refractivity contribution is 7.89. The van der Waals surface area contributed by atoms with E-state index in [1.165, 1.54) is 16.4 Å². The molecule has 3 aliphatic rings. The molecule has 4 heterocycles. The molecule has 1 N–H and O–H groups in total. The quantitative estimate of drug-likeness (QED) is 0.252. The van der Waals surface area contributed by atoms with Crippen molar-refractivity contribution in [3.63, 3.8) is 0 Å². The molecule has 2 saturated heterocycles. The minimum absolute atomic E-state index is 0.0102. The lowest BCUT2D eigenvalue weighted by atomic mass is 10.0. The van der Waals surface area contributed by atoms with Crippen LogP contribution in [0.5, 0.6) is 11.5 Å². The first-order valence-electron chi connectivity index (χ1n) is 16.6. The van der Waals surface area contributed by atoms with Crippen LogP contribution in [0, 0.1) is 5.82 Å². The Labute approximate surface area is 289 Å². The molecule has 1 amide bonds. The van der Waals surface area contributed by atoms with Gasteiger partial charge in [0.1, 0.15) is 5.82 Å². The molecule has 0 spiro atoms. The zero-order valence-electron chi connectivity index (χ0n) is 27.5. The number of carbonyl (C=O) groups is 2. The zero-order chi connectivity index (χ0) is 34.8. The monoisotopic (exact) mass is 700 g/mol. The van der Waals surface area contributed by atoms with Gasteiger partial charge in [-0.05, 0) is 99.1 Å². The summed E-state index contributed by atoms with van der Waals surface area (Å²) in [4.78, 5) is 40.1. The van der Waals surface area contributed by atoms with E-state index in [0.29, 0.717) is 66.0 Å². The number of carbonyl (C=O) groups excluding carboxylic acids is 2. The summed E-state index contributed by atoms with van der Waals surface area (Å²) in [6.45, 7) is 3.39.